The summed E-state index contributed by atoms with van der Waals surface area (Å²) >= 11 is 0. The number of hydrogen-bond donors (Lipinski definition) is 1. The minimum Gasteiger partial charge on any atom is -0.496 e. The van der Waals surface area contributed by atoms with Crippen molar-refractivity contribution >= 4 is 15.7 Å². The van der Waals surface area contributed by atoms with E-state index in [2.05, 4.69) is 28.8 Å². The van der Waals surface area contributed by atoms with E-state index < -0.39 is 10.0 Å². The molecule has 0 saturated carbocycles. The first-order chi connectivity index (χ1) is 15.1. The summed E-state index contributed by atoms with van der Waals surface area (Å²) in [5, 5.41) is 8.32. The quantitative estimate of drug-likeness (QED) is 0.519. The highest BCUT2D eigenvalue weighted by molar-refractivity contribution is 7.92. The standard InChI is InChI=1S/C24H29N3O4S/c1-15(2)14-31-23-11-10-21(25-26-23)19-8-7-9-20(13-19)27-32(28,29)22-12-16(3)24(30-6)18(5)17(22)4/h7-13,15,27H,14H2,1-6H3. The number of aromatic nitrogens is 2. The summed E-state index contributed by atoms with van der Waals surface area (Å²) in [7, 11) is -2.21. The van der Waals surface area contributed by atoms with Gasteiger partial charge in [-0.2, -0.15) is 0 Å². The van der Waals surface area contributed by atoms with Crippen molar-refractivity contribution < 1.29 is 17.9 Å². The molecule has 0 spiro atoms. The van der Waals surface area contributed by atoms with Crippen LogP contribution in [-0.4, -0.2) is 32.3 Å². The van der Waals surface area contributed by atoms with Gasteiger partial charge in [0.1, 0.15) is 5.75 Å². The van der Waals surface area contributed by atoms with Crippen molar-refractivity contribution in [2.45, 2.75) is 39.5 Å². The lowest BCUT2D eigenvalue weighted by Crippen LogP contribution is -2.15. The van der Waals surface area contributed by atoms with E-state index in [4.69, 9.17) is 9.47 Å². The second-order valence-electron chi connectivity index (χ2n) is 8.12. The number of nitrogens with one attached hydrogen (secondary N) is 1. The van der Waals surface area contributed by atoms with Crippen LogP contribution in [0.25, 0.3) is 11.3 Å². The highest BCUT2D eigenvalue weighted by atomic mass is 32.2. The summed E-state index contributed by atoms with van der Waals surface area (Å²) in [6.07, 6.45) is 0. The van der Waals surface area contributed by atoms with Crippen LogP contribution in [0.4, 0.5) is 5.69 Å². The predicted molar refractivity (Wildman–Crippen MR) is 126 cm³/mol. The predicted octanol–water partition coefficient (Wildman–Crippen LogP) is 4.91. The summed E-state index contributed by atoms with van der Waals surface area (Å²) in [6, 6.07) is 12.2. The van der Waals surface area contributed by atoms with Gasteiger partial charge in [0.05, 0.1) is 24.3 Å². The highest BCUT2D eigenvalue weighted by Crippen LogP contribution is 2.32. The normalized spacial score (nSPS) is 11.5. The fourth-order valence-electron chi connectivity index (χ4n) is 3.37. The van der Waals surface area contributed by atoms with E-state index in [-0.39, 0.29) is 4.90 Å². The fraction of sp³-hybridized carbons (Fsp3) is 0.333. The molecule has 0 unspecified atom stereocenters. The largest absolute Gasteiger partial charge is 0.496 e. The van der Waals surface area contributed by atoms with E-state index in [0.717, 1.165) is 16.7 Å². The van der Waals surface area contributed by atoms with E-state index in [1.165, 1.54) is 0 Å². The van der Waals surface area contributed by atoms with E-state index in [0.29, 0.717) is 41.1 Å². The molecule has 3 aromatic rings. The summed E-state index contributed by atoms with van der Waals surface area (Å²) in [5.74, 6) is 1.55. The lowest BCUT2D eigenvalue weighted by Gasteiger charge is -2.17. The first-order valence-corrected chi connectivity index (χ1v) is 11.8. The number of rotatable bonds is 8. The zero-order valence-corrected chi connectivity index (χ0v) is 20.1. The molecule has 0 saturated heterocycles. The average Bonchev–Trinajstić information content (AvgIpc) is 2.75. The Labute approximate surface area is 189 Å². The summed E-state index contributed by atoms with van der Waals surface area (Å²) in [4.78, 5) is 0.227. The van der Waals surface area contributed by atoms with Crippen LogP contribution in [0.15, 0.2) is 47.4 Å². The van der Waals surface area contributed by atoms with Crippen molar-refractivity contribution in [1.82, 2.24) is 10.2 Å². The third-order valence-corrected chi connectivity index (χ3v) is 6.59. The molecular formula is C24H29N3O4S. The smallest absolute Gasteiger partial charge is 0.262 e. The lowest BCUT2D eigenvalue weighted by atomic mass is 10.1. The molecule has 0 aliphatic heterocycles. The first kappa shape index (κ1) is 23.5. The van der Waals surface area contributed by atoms with Gasteiger partial charge >= 0.3 is 0 Å². The molecule has 0 radical (unpaired) electrons. The number of anilines is 1. The maximum absolute atomic E-state index is 13.1. The third-order valence-electron chi connectivity index (χ3n) is 5.09. The average molecular weight is 456 g/mol. The van der Waals surface area contributed by atoms with Crippen molar-refractivity contribution in [3.8, 4) is 22.9 Å². The topological polar surface area (TPSA) is 90.4 Å². The molecule has 3 rings (SSSR count). The molecule has 0 aliphatic carbocycles. The number of nitrogens with zero attached hydrogens (tertiary/aromatic N) is 2. The minimum absolute atomic E-state index is 0.227. The lowest BCUT2D eigenvalue weighted by molar-refractivity contribution is 0.258. The number of benzene rings is 2. The summed E-state index contributed by atoms with van der Waals surface area (Å²) in [5.41, 5.74) is 4.02. The van der Waals surface area contributed by atoms with Crippen molar-refractivity contribution in [1.29, 1.82) is 0 Å². The second-order valence-corrected chi connectivity index (χ2v) is 9.77. The molecule has 0 atom stereocenters. The molecule has 0 amide bonds. The maximum atomic E-state index is 13.1. The van der Waals surface area contributed by atoms with E-state index in [9.17, 15) is 8.42 Å². The Morgan fingerprint density at radius 3 is 2.38 bits per heavy atom. The number of sulfonamides is 1. The molecular weight excluding hydrogens is 426 g/mol. The van der Waals surface area contributed by atoms with Crippen molar-refractivity contribution in [2.75, 3.05) is 18.4 Å². The Morgan fingerprint density at radius 1 is 1.00 bits per heavy atom. The van der Waals surface area contributed by atoms with Gasteiger partial charge in [-0.25, -0.2) is 8.42 Å². The molecule has 1 heterocycles. The molecule has 2 aromatic carbocycles. The first-order valence-electron chi connectivity index (χ1n) is 10.4. The van der Waals surface area contributed by atoms with E-state index >= 15 is 0 Å². The van der Waals surface area contributed by atoms with E-state index in [1.807, 2.05) is 19.9 Å². The fourth-order valence-corrected chi connectivity index (χ4v) is 4.80. The summed E-state index contributed by atoms with van der Waals surface area (Å²) < 4.78 is 40.0. The minimum atomic E-state index is -3.80. The molecule has 0 aliphatic rings. The summed E-state index contributed by atoms with van der Waals surface area (Å²) in [6.45, 7) is 10.1. The maximum Gasteiger partial charge on any atom is 0.262 e. The molecule has 7 nitrogen and oxygen atoms in total. The van der Waals surface area contributed by atoms with Gasteiger partial charge in [0.2, 0.25) is 5.88 Å². The van der Waals surface area contributed by atoms with Crippen LogP contribution in [0, 0.1) is 26.7 Å². The Hall–Kier alpha value is -3.13. The van der Waals surface area contributed by atoms with Crippen molar-refractivity contribution in [3.05, 3.63) is 59.2 Å². The van der Waals surface area contributed by atoms with Gasteiger partial charge in [0.15, 0.2) is 0 Å². The Morgan fingerprint density at radius 2 is 1.75 bits per heavy atom. The zero-order valence-electron chi connectivity index (χ0n) is 19.3. The van der Waals surface area contributed by atoms with Gasteiger partial charge in [0.25, 0.3) is 10.0 Å². The molecule has 32 heavy (non-hydrogen) atoms. The van der Waals surface area contributed by atoms with Gasteiger partial charge in [0, 0.05) is 17.3 Å². The molecule has 1 N–H and O–H groups in total. The Bertz CT molecular complexity index is 1210. The SMILES string of the molecule is COc1c(C)cc(S(=O)(=O)Nc2cccc(-c3ccc(OCC(C)C)nn3)c2)c(C)c1C. The number of methoxy groups -OCH3 is 1. The van der Waals surface area contributed by atoms with Crippen molar-refractivity contribution in [2.24, 2.45) is 5.92 Å². The van der Waals surface area contributed by atoms with Crippen LogP contribution in [0.2, 0.25) is 0 Å². The molecule has 8 heteroatoms. The molecule has 0 bridgehead atoms. The van der Waals surface area contributed by atoms with Gasteiger partial charge in [-0.05, 0) is 67.6 Å². The van der Waals surface area contributed by atoms with Gasteiger partial charge in [-0.1, -0.05) is 26.0 Å². The zero-order chi connectivity index (χ0) is 23.5. The highest BCUT2D eigenvalue weighted by Gasteiger charge is 2.21. The molecule has 170 valence electrons. The van der Waals surface area contributed by atoms with Gasteiger partial charge < -0.3 is 9.47 Å². The second kappa shape index (κ2) is 9.56. The number of hydrogen-bond acceptors (Lipinski definition) is 6. The van der Waals surface area contributed by atoms with Crippen LogP contribution in [0.3, 0.4) is 0 Å². The van der Waals surface area contributed by atoms with E-state index in [1.54, 1.807) is 50.4 Å². The van der Waals surface area contributed by atoms with Crippen molar-refractivity contribution in [3.63, 3.8) is 0 Å². The van der Waals surface area contributed by atoms with Crippen LogP contribution < -0.4 is 14.2 Å². The Balaban J connectivity index is 1.86. The van der Waals surface area contributed by atoms with Crippen LogP contribution in [0.1, 0.15) is 30.5 Å². The molecule has 1 aromatic heterocycles. The van der Waals surface area contributed by atoms with Crippen LogP contribution >= 0.6 is 0 Å². The van der Waals surface area contributed by atoms with Crippen LogP contribution in [0.5, 0.6) is 11.6 Å². The number of aryl methyl sites for hydroxylation is 1. The van der Waals surface area contributed by atoms with Crippen LogP contribution in [-0.2, 0) is 10.0 Å². The number of ether oxygens (including phenoxy) is 2. The molecule has 0 fully saturated rings. The van der Waals surface area contributed by atoms with Gasteiger partial charge in [-0.3, -0.25) is 4.72 Å². The third kappa shape index (κ3) is 5.19. The van der Waals surface area contributed by atoms with Gasteiger partial charge in [-0.15, -0.1) is 10.2 Å². The monoisotopic (exact) mass is 455 g/mol. The Kier molecular flexibility index (Phi) is 7.03.